The van der Waals surface area contributed by atoms with Crippen molar-refractivity contribution < 1.29 is 18.0 Å². The van der Waals surface area contributed by atoms with E-state index in [1.54, 1.807) is 35.8 Å². The van der Waals surface area contributed by atoms with Crippen molar-refractivity contribution in [3.63, 3.8) is 0 Å². The Kier molecular flexibility index (Phi) is 5.35. The van der Waals surface area contributed by atoms with E-state index in [2.05, 4.69) is 20.0 Å². The largest absolute Gasteiger partial charge is 0.364 e. The third kappa shape index (κ3) is 4.58. The summed E-state index contributed by atoms with van der Waals surface area (Å²) in [6, 6.07) is 9.31. The lowest BCUT2D eigenvalue weighted by Crippen LogP contribution is -2.32. The fourth-order valence-corrected chi connectivity index (χ4v) is 3.89. The van der Waals surface area contributed by atoms with Crippen LogP contribution in [0.3, 0.4) is 0 Å². The van der Waals surface area contributed by atoms with Crippen LogP contribution < -0.4 is 15.8 Å². The van der Waals surface area contributed by atoms with Gasteiger partial charge in [-0.3, -0.25) is 9.59 Å². The first-order valence-electron chi connectivity index (χ1n) is 7.64. The number of carbonyl (C=O) groups is 2. The molecule has 0 saturated heterocycles. The number of rotatable bonds is 7. The molecule has 9 nitrogen and oxygen atoms in total. The van der Waals surface area contributed by atoms with Gasteiger partial charge in [-0.1, -0.05) is 18.2 Å². The van der Waals surface area contributed by atoms with Crippen molar-refractivity contribution in [1.82, 2.24) is 14.7 Å². The van der Waals surface area contributed by atoms with Crippen molar-refractivity contribution >= 4 is 38.3 Å². The molecule has 0 unspecified atom stereocenters. The molecule has 2 heterocycles. The van der Waals surface area contributed by atoms with Crippen molar-refractivity contribution in [2.45, 2.75) is 4.90 Å². The van der Waals surface area contributed by atoms with Gasteiger partial charge in [0, 0.05) is 17.1 Å². The summed E-state index contributed by atoms with van der Waals surface area (Å²) < 4.78 is 26.4. The number of aromatic amines is 1. The van der Waals surface area contributed by atoms with Gasteiger partial charge in [0.1, 0.15) is 5.69 Å². The van der Waals surface area contributed by atoms with Crippen molar-refractivity contribution in [3.8, 4) is 11.3 Å². The van der Waals surface area contributed by atoms with E-state index in [0.29, 0.717) is 16.4 Å². The topological polar surface area (TPSA) is 147 Å². The van der Waals surface area contributed by atoms with Crippen molar-refractivity contribution in [2.75, 3.05) is 11.9 Å². The van der Waals surface area contributed by atoms with E-state index in [0.717, 1.165) is 0 Å². The maximum Gasteiger partial charge on any atom is 0.265 e. The van der Waals surface area contributed by atoms with Gasteiger partial charge in [-0.15, -0.1) is 11.3 Å². The maximum absolute atomic E-state index is 12.1. The lowest BCUT2D eigenvalue weighted by Gasteiger charge is -2.06. The predicted molar refractivity (Wildman–Crippen MR) is 101 cm³/mol. The zero-order chi connectivity index (χ0) is 19.4. The number of H-pyrrole nitrogens is 1. The molecule has 0 bridgehead atoms. The third-order valence-electron chi connectivity index (χ3n) is 3.47. The SMILES string of the molecule is NC(=O)c1cc(-c2csc(NC(=O)CNS(=O)(=O)c3ccccc3)n2)c[nH]1. The van der Waals surface area contributed by atoms with Gasteiger partial charge in [-0.2, -0.15) is 0 Å². The van der Waals surface area contributed by atoms with E-state index in [9.17, 15) is 18.0 Å². The highest BCUT2D eigenvalue weighted by Crippen LogP contribution is 2.25. The molecule has 0 aliphatic rings. The molecule has 140 valence electrons. The summed E-state index contributed by atoms with van der Waals surface area (Å²) in [5.41, 5.74) is 6.62. The third-order valence-corrected chi connectivity index (χ3v) is 5.65. The number of hydrogen-bond acceptors (Lipinski definition) is 6. The Labute approximate surface area is 158 Å². The molecule has 2 aromatic heterocycles. The van der Waals surface area contributed by atoms with E-state index in [1.807, 2.05) is 0 Å². The summed E-state index contributed by atoms with van der Waals surface area (Å²) in [6.07, 6.45) is 1.58. The van der Waals surface area contributed by atoms with Gasteiger partial charge in [0.15, 0.2) is 5.13 Å². The van der Waals surface area contributed by atoms with Gasteiger partial charge in [0.2, 0.25) is 15.9 Å². The average molecular weight is 405 g/mol. The van der Waals surface area contributed by atoms with Gasteiger partial charge < -0.3 is 16.0 Å². The fraction of sp³-hybridized carbons (Fsp3) is 0.0625. The highest BCUT2D eigenvalue weighted by molar-refractivity contribution is 7.89. The van der Waals surface area contributed by atoms with E-state index in [4.69, 9.17) is 5.73 Å². The van der Waals surface area contributed by atoms with Crippen LogP contribution >= 0.6 is 11.3 Å². The van der Waals surface area contributed by atoms with Gasteiger partial charge in [-0.25, -0.2) is 18.1 Å². The number of nitrogens with zero attached hydrogens (tertiary/aromatic N) is 1. The number of primary amides is 1. The normalized spacial score (nSPS) is 11.3. The molecule has 0 radical (unpaired) electrons. The molecule has 3 aromatic rings. The van der Waals surface area contributed by atoms with E-state index >= 15 is 0 Å². The minimum absolute atomic E-state index is 0.0760. The number of thiazole rings is 1. The van der Waals surface area contributed by atoms with E-state index in [-0.39, 0.29) is 10.6 Å². The average Bonchev–Trinajstić information content (AvgIpc) is 3.30. The first-order valence-corrected chi connectivity index (χ1v) is 10.00. The quantitative estimate of drug-likeness (QED) is 0.466. The summed E-state index contributed by atoms with van der Waals surface area (Å²) in [7, 11) is -3.77. The summed E-state index contributed by atoms with van der Waals surface area (Å²) >= 11 is 1.17. The molecule has 1 aromatic carbocycles. The smallest absolute Gasteiger partial charge is 0.265 e. The van der Waals surface area contributed by atoms with Crippen LogP contribution in [0.25, 0.3) is 11.3 Å². The lowest BCUT2D eigenvalue weighted by molar-refractivity contribution is -0.115. The first kappa shape index (κ1) is 18.8. The number of carbonyl (C=O) groups excluding carboxylic acids is 2. The molecule has 11 heteroatoms. The van der Waals surface area contributed by atoms with Gasteiger partial charge in [0.25, 0.3) is 5.91 Å². The molecule has 27 heavy (non-hydrogen) atoms. The predicted octanol–water partition coefficient (Wildman–Crippen LogP) is 1.15. The number of nitrogens with two attached hydrogens (primary N) is 1. The molecule has 5 N–H and O–H groups in total. The van der Waals surface area contributed by atoms with Crippen LogP contribution in [0.4, 0.5) is 5.13 Å². The summed E-state index contributed by atoms with van der Waals surface area (Å²) in [5, 5.41) is 4.52. The number of hydrogen-bond donors (Lipinski definition) is 4. The Hall–Kier alpha value is -3.02. The number of amides is 2. The monoisotopic (exact) mass is 405 g/mol. The summed E-state index contributed by atoms with van der Waals surface area (Å²) in [5.74, 6) is -1.14. The minimum Gasteiger partial charge on any atom is -0.364 e. The minimum atomic E-state index is -3.77. The molecule has 0 spiro atoms. The second-order valence-electron chi connectivity index (χ2n) is 5.39. The van der Waals surface area contributed by atoms with Crippen LogP contribution in [0.5, 0.6) is 0 Å². The van der Waals surface area contributed by atoms with Crippen LogP contribution in [0.1, 0.15) is 10.5 Å². The van der Waals surface area contributed by atoms with Crippen LogP contribution in [-0.2, 0) is 14.8 Å². The second-order valence-corrected chi connectivity index (χ2v) is 8.02. The molecule has 3 rings (SSSR count). The molecule has 0 aliphatic carbocycles. The summed E-state index contributed by atoms with van der Waals surface area (Å²) in [4.78, 5) is 30.1. The second kappa shape index (κ2) is 7.70. The number of aromatic nitrogens is 2. The molecule has 0 fully saturated rings. The first-order chi connectivity index (χ1) is 12.8. The highest BCUT2D eigenvalue weighted by Gasteiger charge is 2.16. The molecular formula is C16H15N5O4S2. The Morgan fingerprint density at radius 3 is 2.63 bits per heavy atom. The number of benzene rings is 1. The van der Waals surface area contributed by atoms with Crippen LogP contribution in [-0.4, -0.2) is 36.7 Å². The molecule has 0 saturated carbocycles. The number of anilines is 1. The summed E-state index contributed by atoms with van der Waals surface area (Å²) in [6.45, 7) is -0.428. The lowest BCUT2D eigenvalue weighted by atomic mass is 10.2. The fourth-order valence-electron chi connectivity index (χ4n) is 2.16. The van der Waals surface area contributed by atoms with E-state index < -0.39 is 28.4 Å². The van der Waals surface area contributed by atoms with Gasteiger partial charge >= 0.3 is 0 Å². The van der Waals surface area contributed by atoms with Gasteiger partial charge in [0.05, 0.1) is 17.1 Å². The zero-order valence-electron chi connectivity index (χ0n) is 13.8. The zero-order valence-corrected chi connectivity index (χ0v) is 15.4. The molecule has 0 aliphatic heterocycles. The Bertz CT molecular complexity index is 1070. The standard InChI is InChI=1S/C16H15N5O4S2/c17-15(23)12-6-10(7-18-12)13-9-26-16(20-13)21-14(22)8-19-27(24,25)11-4-2-1-3-5-11/h1-7,9,18-19H,8H2,(H2,17,23)(H,20,21,22). The molecule has 2 amide bonds. The van der Waals surface area contributed by atoms with Crippen LogP contribution in [0.15, 0.2) is 52.9 Å². The Balaban J connectivity index is 1.60. The van der Waals surface area contributed by atoms with Crippen molar-refractivity contribution in [2.24, 2.45) is 5.73 Å². The number of nitrogens with one attached hydrogen (secondary N) is 3. The van der Waals surface area contributed by atoms with E-state index in [1.165, 1.54) is 23.5 Å². The van der Waals surface area contributed by atoms with Crippen LogP contribution in [0.2, 0.25) is 0 Å². The Morgan fingerprint density at radius 2 is 1.96 bits per heavy atom. The number of sulfonamides is 1. The molecule has 0 atom stereocenters. The van der Waals surface area contributed by atoms with Gasteiger partial charge in [-0.05, 0) is 18.2 Å². The maximum atomic E-state index is 12.1. The molecular weight excluding hydrogens is 390 g/mol. The van der Waals surface area contributed by atoms with Crippen LogP contribution in [0, 0.1) is 0 Å². The van der Waals surface area contributed by atoms with Crippen molar-refractivity contribution in [3.05, 3.63) is 53.7 Å². The highest BCUT2D eigenvalue weighted by atomic mass is 32.2. The van der Waals surface area contributed by atoms with Crippen molar-refractivity contribution in [1.29, 1.82) is 0 Å². The Morgan fingerprint density at radius 1 is 1.22 bits per heavy atom.